The quantitative estimate of drug-likeness (QED) is 0.414. The second-order valence-electron chi connectivity index (χ2n) is 7.15. The van der Waals surface area contributed by atoms with Crippen LogP contribution in [0.5, 0.6) is 0 Å². The molecule has 146 valence electrons. The van der Waals surface area contributed by atoms with Crippen molar-refractivity contribution in [2.75, 3.05) is 39.3 Å². The highest BCUT2D eigenvalue weighted by molar-refractivity contribution is 5.81. The van der Waals surface area contributed by atoms with Crippen molar-refractivity contribution in [1.29, 1.82) is 0 Å². The van der Waals surface area contributed by atoms with Crippen LogP contribution in [0.25, 0.3) is 0 Å². The minimum Gasteiger partial charge on any atom is -0.396 e. The molecule has 0 saturated carbocycles. The number of guanidine groups is 1. The fourth-order valence-electron chi connectivity index (χ4n) is 3.34. The Bertz CT molecular complexity index is 395. The van der Waals surface area contributed by atoms with Crippen LogP contribution in [0.15, 0.2) is 4.99 Å². The van der Waals surface area contributed by atoms with Crippen molar-refractivity contribution in [2.24, 2.45) is 16.8 Å². The lowest BCUT2D eigenvalue weighted by molar-refractivity contribution is -0.132. The summed E-state index contributed by atoms with van der Waals surface area (Å²) in [6, 6.07) is 0. The molecule has 1 fully saturated rings. The van der Waals surface area contributed by atoms with E-state index in [1.807, 2.05) is 11.8 Å². The molecule has 0 radical (unpaired) electrons. The van der Waals surface area contributed by atoms with Crippen LogP contribution in [0.2, 0.25) is 0 Å². The van der Waals surface area contributed by atoms with Gasteiger partial charge in [-0.1, -0.05) is 20.3 Å². The van der Waals surface area contributed by atoms with E-state index in [1.54, 1.807) is 0 Å². The van der Waals surface area contributed by atoms with E-state index in [4.69, 9.17) is 5.11 Å². The number of hydrogen-bond acceptors (Lipinski definition) is 3. The summed E-state index contributed by atoms with van der Waals surface area (Å²) in [4.78, 5) is 18.9. The zero-order chi connectivity index (χ0) is 18.5. The molecule has 1 heterocycles. The second-order valence-corrected chi connectivity index (χ2v) is 7.15. The van der Waals surface area contributed by atoms with Gasteiger partial charge >= 0.3 is 0 Å². The van der Waals surface area contributed by atoms with Crippen molar-refractivity contribution >= 4 is 11.9 Å². The summed E-state index contributed by atoms with van der Waals surface area (Å²) in [7, 11) is 0. The molecule has 1 saturated heterocycles. The maximum absolute atomic E-state index is 12.3. The van der Waals surface area contributed by atoms with Crippen molar-refractivity contribution in [3.63, 3.8) is 0 Å². The molecule has 0 bridgehead atoms. The molecule has 0 spiro atoms. The minimum atomic E-state index is 0.215. The van der Waals surface area contributed by atoms with Crippen molar-refractivity contribution in [3.05, 3.63) is 0 Å². The minimum absolute atomic E-state index is 0.215. The SMILES string of the molecule is CCCC(CCO)CN=C(NCC)NCCC(=O)N1CCCC(C)C1. The summed E-state index contributed by atoms with van der Waals surface area (Å²) in [6.45, 7) is 10.5. The molecular weight excluding hydrogens is 316 g/mol. The van der Waals surface area contributed by atoms with Crippen molar-refractivity contribution in [2.45, 2.75) is 59.3 Å². The van der Waals surface area contributed by atoms with Gasteiger partial charge in [-0.05, 0) is 44.4 Å². The third-order valence-electron chi connectivity index (χ3n) is 4.73. The number of aliphatic hydroxyl groups excluding tert-OH is 1. The van der Waals surface area contributed by atoms with E-state index in [-0.39, 0.29) is 12.5 Å². The molecule has 2 unspecified atom stereocenters. The molecule has 1 amide bonds. The van der Waals surface area contributed by atoms with E-state index in [1.165, 1.54) is 6.42 Å². The van der Waals surface area contributed by atoms with Crippen molar-refractivity contribution < 1.29 is 9.90 Å². The van der Waals surface area contributed by atoms with Gasteiger partial charge in [-0.3, -0.25) is 9.79 Å². The monoisotopic (exact) mass is 354 g/mol. The molecule has 1 aliphatic heterocycles. The molecule has 0 aliphatic carbocycles. The van der Waals surface area contributed by atoms with E-state index in [0.29, 0.717) is 31.3 Å². The first-order valence-electron chi connectivity index (χ1n) is 10.0. The number of hydrogen-bond donors (Lipinski definition) is 3. The Labute approximate surface area is 153 Å². The Morgan fingerprint density at radius 3 is 2.76 bits per heavy atom. The number of nitrogens with one attached hydrogen (secondary N) is 2. The smallest absolute Gasteiger partial charge is 0.224 e. The number of rotatable bonds is 10. The molecule has 1 aliphatic rings. The molecule has 3 N–H and O–H groups in total. The summed E-state index contributed by atoms with van der Waals surface area (Å²) in [6.07, 6.45) is 5.83. The molecule has 0 aromatic rings. The fourth-order valence-corrected chi connectivity index (χ4v) is 3.34. The van der Waals surface area contributed by atoms with Crippen LogP contribution in [0.4, 0.5) is 0 Å². The first-order valence-corrected chi connectivity index (χ1v) is 10.0. The van der Waals surface area contributed by atoms with Gasteiger partial charge in [0.15, 0.2) is 5.96 Å². The highest BCUT2D eigenvalue weighted by Crippen LogP contribution is 2.16. The summed E-state index contributed by atoms with van der Waals surface area (Å²) in [5, 5.41) is 15.7. The fraction of sp³-hybridized carbons (Fsp3) is 0.895. The van der Waals surface area contributed by atoms with Gasteiger partial charge in [-0.15, -0.1) is 0 Å². The van der Waals surface area contributed by atoms with Crippen LogP contribution < -0.4 is 10.6 Å². The number of carbonyl (C=O) groups excluding carboxylic acids is 1. The lowest BCUT2D eigenvalue weighted by Crippen LogP contribution is -2.42. The molecular formula is C19H38N4O2. The van der Waals surface area contributed by atoms with E-state index in [2.05, 4.69) is 29.5 Å². The molecule has 6 nitrogen and oxygen atoms in total. The average molecular weight is 355 g/mol. The largest absolute Gasteiger partial charge is 0.396 e. The Morgan fingerprint density at radius 2 is 2.12 bits per heavy atom. The zero-order valence-electron chi connectivity index (χ0n) is 16.4. The van der Waals surface area contributed by atoms with Crippen molar-refractivity contribution in [1.82, 2.24) is 15.5 Å². The highest BCUT2D eigenvalue weighted by atomic mass is 16.3. The molecule has 0 aromatic carbocycles. The number of amides is 1. The third-order valence-corrected chi connectivity index (χ3v) is 4.73. The van der Waals surface area contributed by atoms with Gasteiger partial charge < -0.3 is 20.6 Å². The van der Waals surface area contributed by atoms with Crippen LogP contribution in [-0.2, 0) is 4.79 Å². The van der Waals surface area contributed by atoms with Gasteiger partial charge in [0.05, 0.1) is 0 Å². The van der Waals surface area contributed by atoms with Gasteiger partial charge in [0.25, 0.3) is 0 Å². The number of likely N-dealkylation sites (tertiary alicyclic amines) is 1. The first kappa shape index (κ1) is 21.7. The van der Waals surface area contributed by atoms with E-state index < -0.39 is 0 Å². The van der Waals surface area contributed by atoms with Crippen LogP contribution in [0.3, 0.4) is 0 Å². The molecule has 25 heavy (non-hydrogen) atoms. The number of aliphatic hydroxyl groups is 1. The van der Waals surface area contributed by atoms with E-state index in [0.717, 1.165) is 51.3 Å². The summed E-state index contributed by atoms with van der Waals surface area (Å²) in [5.74, 6) is 2.04. The summed E-state index contributed by atoms with van der Waals surface area (Å²) >= 11 is 0. The van der Waals surface area contributed by atoms with Gasteiger partial charge in [0.1, 0.15) is 0 Å². The van der Waals surface area contributed by atoms with Crippen LogP contribution in [0, 0.1) is 11.8 Å². The summed E-state index contributed by atoms with van der Waals surface area (Å²) in [5.41, 5.74) is 0. The van der Waals surface area contributed by atoms with Crippen LogP contribution in [0.1, 0.15) is 59.3 Å². The van der Waals surface area contributed by atoms with Crippen LogP contribution >= 0.6 is 0 Å². The predicted octanol–water partition coefficient (Wildman–Crippen LogP) is 1.99. The molecule has 1 rings (SSSR count). The molecule has 6 heteroatoms. The Hall–Kier alpha value is -1.30. The summed E-state index contributed by atoms with van der Waals surface area (Å²) < 4.78 is 0. The predicted molar refractivity (Wildman–Crippen MR) is 104 cm³/mol. The highest BCUT2D eigenvalue weighted by Gasteiger charge is 2.20. The number of carbonyl (C=O) groups is 1. The van der Waals surface area contributed by atoms with Crippen molar-refractivity contribution in [3.8, 4) is 0 Å². The Morgan fingerprint density at radius 1 is 1.32 bits per heavy atom. The number of aliphatic imine (C=N–C) groups is 1. The topological polar surface area (TPSA) is 77.0 Å². The molecule has 0 aromatic heterocycles. The standard InChI is InChI=1S/C19H38N4O2/c1-4-7-17(10-13-24)14-22-19(20-5-2)21-11-9-18(25)23-12-6-8-16(3)15-23/h16-17,24H,4-15H2,1-3H3,(H2,20,21,22). The van der Waals surface area contributed by atoms with Gasteiger partial charge in [0.2, 0.25) is 5.91 Å². The number of piperidine rings is 1. The van der Waals surface area contributed by atoms with Gasteiger partial charge in [-0.25, -0.2) is 0 Å². The lowest BCUT2D eigenvalue weighted by Gasteiger charge is -2.31. The second kappa shape index (κ2) is 13.0. The zero-order valence-corrected chi connectivity index (χ0v) is 16.4. The maximum Gasteiger partial charge on any atom is 0.224 e. The van der Waals surface area contributed by atoms with Gasteiger partial charge in [-0.2, -0.15) is 0 Å². The Balaban J connectivity index is 2.40. The van der Waals surface area contributed by atoms with Crippen LogP contribution in [-0.4, -0.2) is 61.2 Å². The first-order chi connectivity index (χ1) is 12.1. The Kier molecular flexibility index (Phi) is 11.3. The maximum atomic E-state index is 12.3. The molecule has 2 atom stereocenters. The lowest BCUT2D eigenvalue weighted by atomic mass is 10.00. The number of nitrogens with zero attached hydrogens (tertiary/aromatic N) is 2. The van der Waals surface area contributed by atoms with E-state index >= 15 is 0 Å². The average Bonchev–Trinajstić information content (AvgIpc) is 2.59. The normalized spacial score (nSPS) is 19.6. The van der Waals surface area contributed by atoms with E-state index in [9.17, 15) is 4.79 Å². The third kappa shape index (κ3) is 9.10. The van der Waals surface area contributed by atoms with Gasteiger partial charge in [0, 0.05) is 45.8 Å².